The Kier molecular flexibility index (Phi) is 3.66. The minimum absolute atomic E-state index is 0.299. The number of amides is 1. The van der Waals surface area contributed by atoms with Gasteiger partial charge in [-0.05, 0) is 31.0 Å². The molecule has 2 heterocycles. The molecule has 0 saturated carbocycles. The van der Waals surface area contributed by atoms with Crippen LogP contribution in [0, 0.1) is 0 Å². The van der Waals surface area contributed by atoms with Gasteiger partial charge in [-0.1, -0.05) is 18.2 Å². The highest BCUT2D eigenvalue weighted by atomic mass is 16.6. The first-order valence-corrected chi connectivity index (χ1v) is 6.95. The van der Waals surface area contributed by atoms with Crippen LogP contribution in [-0.4, -0.2) is 19.1 Å². The molecule has 1 aliphatic heterocycles. The Morgan fingerprint density at radius 2 is 2.24 bits per heavy atom. The van der Waals surface area contributed by atoms with Crippen LogP contribution >= 0.6 is 0 Å². The predicted octanol–water partition coefficient (Wildman–Crippen LogP) is 2.52. The third kappa shape index (κ3) is 2.52. The number of anilines is 1. The average Bonchev–Trinajstić information content (AvgIpc) is 3.05. The van der Waals surface area contributed by atoms with Gasteiger partial charge in [0.15, 0.2) is 5.76 Å². The van der Waals surface area contributed by atoms with Crippen LogP contribution in [0.2, 0.25) is 0 Å². The van der Waals surface area contributed by atoms with Crippen LogP contribution in [0.5, 0.6) is 0 Å². The molecule has 0 saturated heterocycles. The number of nitrogens with zero attached hydrogens (tertiary/aromatic N) is 1. The molecule has 0 spiro atoms. The largest absolute Gasteiger partial charge is 0.459 e. The molecule has 0 radical (unpaired) electrons. The van der Waals surface area contributed by atoms with Crippen molar-refractivity contribution in [2.75, 3.05) is 12.0 Å². The number of para-hydroxylation sites is 1. The molecule has 110 valence electrons. The summed E-state index contributed by atoms with van der Waals surface area (Å²) in [6, 6.07) is 10.6. The lowest BCUT2D eigenvalue weighted by Gasteiger charge is -2.24. The van der Waals surface area contributed by atoms with E-state index in [1.807, 2.05) is 12.1 Å². The lowest BCUT2D eigenvalue weighted by atomic mass is 10.1. The number of hydroxylamine groups is 1. The number of carbonyl (C=O) groups excluding carboxylic acids is 1. The average molecular weight is 286 g/mol. The highest BCUT2D eigenvalue weighted by Gasteiger charge is 2.27. The van der Waals surface area contributed by atoms with Crippen LogP contribution in [0.25, 0.3) is 0 Å². The molecule has 5 heteroatoms. The minimum atomic E-state index is -0.363. The van der Waals surface area contributed by atoms with Crippen molar-refractivity contribution < 1.29 is 14.0 Å². The zero-order valence-electron chi connectivity index (χ0n) is 12.1. The van der Waals surface area contributed by atoms with Gasteiger partial charge in [-0.25, -0.2) is 5.48 Å². The van der Waals surface area contributed by atoms with E-state index < -0.39 is 0 Å². The zero-order valence-corrected chi connectivity index (χ0v) is 12.1. The van der Waals surface area contributed by atoms with Gasteiger partial charge in [0.2, 0.25) is 0 Å². The number of furan rings is 1. The summed E-state index contributed by atoms with van der Waals surface area (Å²) in [6.07, 6.45) is 2.56. The van der Waals surface area contributed by atoms with E-state index in [1.54, 1.807) is 0 Å². The van der Waals surface area contributed by atoms with Crippen LogP contribution in [0.4, 0.5) is 5.69 Å². The first kappa shape index (κ1) is 13.7. The van der Waals surface area contributed by atoms with Gasteiger partial charge >= 0.3 is 5.91 Å². The molecule has 1 N–H and O–H groups in total. The van der Waals surface area contributed by atoms with Crippen molar-refractivity contribution in [3.63, 3.8) is 0 Å². The van der Waals surface area contributed by atoms with Crippen molar-refractivity contribution in [3.8, 4) is 0 Å². The number of hydrogen-bond donors (Lipinski definition) is 1. The summed E-state index contributed by atoms with van der Waals surface area (Å²) in [4.78, 5) is 18.8. The number of nitrogens with one attached hydrogen (secondary N) is 1. The summed E-state index contributed by atoms with van der Waals surface area (Å²) in [6.45, 7) is 2.83. The van der Waals surface area contributed by atoms with Crippen molar-refractivity contribution in [2.45, 2.75) is 25.9 Å². The Bertz CT molecular complexity index is 650. The number of rotatable bonds is 4. The fourth-order valence-electron chi connectivity index (χ4n) is 2.85. The van der Waals surface area contributed by atoms with Gasteiger partial charge in [-0.3, -0.25) is 9.63 Å². The summed E-state index contributed by atoms with van der Waals surface area (Å²) in [5.41, 5.74) is 5.72. The smallest absolute Gasteiger partial charge is 0.310 e. The molecular formula is C16H18N2O3. The molecule has 1 atom stereocenters. The number of fused-ring (bicyclic) bond motifs is 1. The second kappa shape index (κ2) is 5.61. The standard InChI is InChI=1S/C16H18N2O3/c1-11-9-12-5-3-4-6-14(12)18(11)10-13-7-8-21-15(13)16(19)17-20-2/h3-8,11H,9-10H2,1-2H3,(H,17,19)/t11-/m0/s1. The van der Waals surface area contributed by atoms with E-state index >= 15 is 0 Å². The predicted molar refractivity (Wildman–Crippen MR) is 79.0 cm³/mol. The Labute approximate surface area is 123 Å². The van der Waals surface area contributed by atoms with E-state index in [0.717, 1.165) is 12.0 Å². The Hall–Kier alpha value is -2.27. The third-order valence-corrected chi connectivity index (χ3v) is 3.84. The lowest BCUT2D eigenvalue weighted by molar-refractivity contribution is 0.0508. The SMILES string of the molecule is CONC(=O)c1occc1CN1c2ccccc2C[C@@H]1C. The number of benzene rings is 1. The van der Waals surface area contributed by atoms with Crippen molar-refractivity contribution in [3.05, 3.63) is 53.5 Å². The Morgan fingerprint density at radius 1 is 1.43 bits per heavy atom. The van der Waals surface area contributed by atoms with Gasteiger partial charge in [-0.15, -0.1) is 0 Å². The molecule has 21 heavy (non-hydrogen) atoms. The summed E-state index contributed by atoms with van der Waals surface area (Å²) < 4.78 is 5.29. The topological polar surface area (TPSA) is 54.7 Å². The maximum atomic E-state index is 11.9. The molecule has 2 aromatic rings. The van der Waals surface area contributed by atoms with Gasteiger partial charge in [0, 0.05) is 23.8 Å². The maximum Gasteiger partial charge on any atom is 0.310 e. The van der Waals surface area contributed by atoms with Gasteiger partial charge in [0.25, 0.3) is 0 Å². The molecule has 0 unspecified atom stereocenters. The van der Waals surface area contributed by atoms with Gasteiger partial charge in [0.05, 0.1) is 13.4 Å². The summed E-state index contributed by atoms with van der Waals surface area (Å²) >= 11 is 0. The molecule has 0 fully saturated rings. The van der Waals surface area contributed by atoms with E-state index in [1.165, 1.54) is 24.6 Å². The second-order valence-corrected chi connectivity index (χ2v) is 5.22. The fraction of sp³-hybridized carbons (Fsp3) is 0.312. The van der Waals surface area contributed by atoms with Gasteiger partial charge in [0.1, 0.15) is 0 Å². The van der Waals surface area contributed by atoms with E-state index in [-0.39, 0.29) is 5.91 Å². The molecule has 1 aromatic carbocycles. The minimum Gasteiger partial charge on any atom is -0.459 e. The molecule has 3 rings (SSSR count). The normalized spacial score (nSPS) is 16.9. The van der Waals surface area contributed by atoms with Crippen LogP contribution in [0.1, 0.15) is 28.6 Å². The highest BCUT2D eigenvalue weighted by Crippen LogP contribution is 2.33. The van der Waals surface area contributed by atoms with Crippen molar-refractivity contribution in [2.24, 2.45) is 0 Å². The molecule has 0 aliphatic carbocycles. The number of carbonyl (C=O) groups is 1. The van der Waals surface area contributed by atoms with Crippen LogP contribution in [0.3, 0.4) is 0 Å². The monoisotopic (exact) mass is 286 g/mol. The Balaban J connectivity index is 1.85. The molecule has 0 bridgehead atoms. The van der Waals surface area contributed by atoms with Crippen molar-refractivity contribution >= 4 is 11.6 Å². The second-order valence-electron chi connectivity index (χ2n) is 5.22. The summed E-state index contributed by atoms with van der Waals surface area (Å²) in [7, 11) is 1.40. The Morgan fingerprint density at radius 3 is 3.05 bits per heavy atom. The van der Waals surface area contributed by atoms with Gasteiger partial charge in [-0.2, -0.15) is 0 Å². The first-order valence-electron chi connectivity index (χ1n) is 6.95. The van der Waals surface area contributed by atoms with Crippen LogP contribution in [0.15, 0.2) is 41.0 Å². The molecular weight excluding hydrogens is 268 g/mol. The summed E-state index contributed by atoms with van der Waals surface area (Å²) in [5, 5.41) is 0. The zero-order chi connectivity index (χ0) is 14.8. The maximum absolute atomic E-state index is 11.9. The summed E-state index contributed by atoms with van der Waals surface area (Å²) in [5.74, 6) is -0.0638. The highest BCUT2D eigenvalue weighted by molar-refractivity contribution is 5.92. The number of hydrogen-bond acceptors (Lipinski definition) is 4. The van der Waals surface area contributed by atoms with Crippen molar-refractivity contribution in [1.82, 2.24) is 5.48 Å². The molecule has 1 aliphatic rings. The van der Waals surface area contributed by atoms with E-state index in [9.17, 15) is 4.79 Å². The molecule has 1 amide bonds. The molecule has 5 nitrogen and oxygen atoms in total. The first-order chi connectivity index (χ1) is 10.2. The van der Waals surface area contributed by atoms with E-state index in [2.05, 4.69) is 40.3 Å². The van der Waals surface area contributed by atoms with Crippen molar-refractivity contribution in [1.29, 1.82) is 0 Å². The molecule has 1 aromatic heterocycles. The quantitative estimate of drug-likeness (QED) is 0.878. The van der Waals surface area contributed by atoms with Gasteiger partial charge < -0.3 is 9.32 Å². The van der Waals surface area contributed by atoms with E-state index in [4.69, 9.17) is 4.42 Å². The third-order valence-electron chi connectivity index (χ3n) is 3.84. The lowest BCUT2D eigenvalue weighted by Crippen LogP contribution is -2.30. The van der Waals surface area contributed by atoms with Crippen LogP contribution < -0.4 is 10.4 Å². The van der Waals surface area contributed by atoms with E-state index in [0.29, 0.717) is 18.3 Å². The fourth-order valence-corrected chi connectivity index (χ4v) is 2.85. The van der Waals surface area contributed by atoms with Crippen LogP contribution in [-0.2, 0) is 17.8 Å².